The predicted molar refractivity (Wildman–Crippen MR) is 42.0 cm³/mol. The molecule has 4 heteroatoms. The molecule has 60 valence electrons. The van der Waals surface area contributed by atoms with E-state index in [4.69, 9.17) is 9.52 Å². The zero-order valence-corrected chi connectivity index (χ0v) is 6.85. The highest BCUT2D eigenvalue weighted by Gasteiger charge is 1.91. The molecule has 1 aromatic carbocycles. The van der Waals surface area contributed by atoms with Gasteiger partial charge in [0.1, 0.15) is 5.75 Å². The Hall–Kier alpha value is -1.03. The Labute approximate surface area is 67.0 Å². The van der Waals surface area contributed by atoms with E-state index in [1.165, 1.54) is 7.11 Å². The second-order valence-electron chi connectivity index (χ2n) is 1.92. The number of hydrogen-bond acceptors (Lipinski definition) is 4. The maximum atomic E-state index is 10.7. The van der Waals surface area contributed by atoms with Crippen LogP contribution in [0.25, 0.3) is 0 Å². The number of rotatable bonds is 2. The molecule has 0 amide bonds. The van der Waals surface area contributed by atoms with Crippen LogP contribution >= 0.6 is 0 Å². The second kappa shape index (κ2) is 3.39. The third kappa shape index (κ3) is 1.71. The van der Waals surface area contributed by atoms with Crippen molar-refractivity contribution in [3.8, 4) is 5.75 Å². The summed E-state index contributed by atoms with van der Waals surface area (Å²) in [6, 6.07) is 6.79. The molecule has 0 unspecified atom stereocenters. The molecule has 0 aliphatic carbocycles. The topological polar surface area (TPSA) is 50.1 Å². The van der Waals surface area contributed by atoms with Crippen LogP contribution in [-0.2, 0) is 14.8 Å². The van der Waals surface area contributed by atoms with Crippen LogP contribution in [0.5, 0.6) is 5.75 Å². The van der Waals surface area contributed by atoms with E-state index in [1.54, 1.807) is 24.3 Å². The van der Waals surface area contributed by atoms with Crippen LogP contribution in [0.3, 0.4) is 0 Å². The molecule has 0 bridgehead atoms. The number of ether oxygens (including phenoxy) is 1. The minimum atomic E-state index is -1.72. The first kappa shape index (κ1) is 8.07. The van der Waals surface area contributed by atoms with Crippen LogP contribution in [0.15, 0.2) is 29.2 Å². The third-order valence-electron chi connectivity index (χ3n) is 1.27. The van der Waals surface area contributed by atoms with Crippen LogP contribution in [0.4, 0.5) is 0 Å². The number of nitrogens with one attached hydrogen (secondary N) is 1. The van der Waals surface area contributed by atoms with Crippen LogP contribution < -0.4 is 4.74 Å². The van der Waals surface area contributed by atoms with E-state index < -0.39 is 10.6 Å². The molecule has 0 aliphatic heterocycles. The lowest BCUT2D eigenvalue weighted by molar-refractivity contribution is 0.404. The SMILES string of the molecule is COc1ccccc1[S-](=N)=O. The number of benzene rings is 1. The summed E-state index contributed by atoms with van der Waals surface area (Å²) in [6.07, 6.45) is 0. The molecule has 0 spiro atoms. The van der Waals surface area contributed by atoms with Gasteiger partial charge in [-0.2, -0.15) is 10.6 Å². The first-order chi connectivity index (χ1) is 5.25. The zero-order valence-electron chi connectivity index (χ0n) is 6.03. The molecule has 1 rings (SSSR count). The smallest absolute Gasteiger partial charge is 0.104 e. The second-order valence-corrected chi connectivity index (χ2v) is 2.90. The minimum absolute atomic E-state index is 0.412. The number of methoxy groups -OCH3 is 1. The summed E-state index contributed by atoms with van der Waals surface area (Å²) >= 11 is 0. The van der Waals surface area contributed by atoms with E-state index in [1.807, 2.05) is 0 Å². The van der Waals surface area contributed by atoms with Gasteiger partial charge in [-0.1, -0.05) is 23.1 Å². The molecule has 3 nitrogen and oxygen atoms in total. The largest absolute Gasteiger partial charge is 0.498 e. The van der Waals surface area contributed by atoms with Crippen LogP contribution in [0.1, 0.15) is 0 Å². The van der Waals surface area contributed by atoms with Crippen molar-refractivity contribution in [2.75, 3.05) is 7.11 Å². The van der Waals surface area contributed by atoms with Gasteiger partial charge in [-0.15, -0.1) is 0 Å². The fraction of sp³-hybridized carbons (Fsp3) is 0.143. The molecule has 11 heavy (non-hydrogen) atoms. The molecule has 0 atom stereocenters. The summed E-state index contributed by atoms with van der Waals surface area (Å²) in [6.45, 7) is 0. The Morgan fingerprint density at radius 1 is 1.45 bits per heavy atom. The first-order valence-electron chi connectivity index (χ1n) is 3.01. The van der Waals surface area contributed by atoms with Gasteiger partial charge in [0.2, 0.25) is 0 Å². The van der Waals surface area contributed by atoms with Gasteiger partial charge in [0, 0.05) is 0 Å². The van der Waals surface area contributed by atoms with E-state index in [9.17, 15) is 4.21 Å². The van der Waals surface area contributed by atoms with E-state index in [0.29, 0.717) is 10.6 Å². The Morgan fingerprint density at radius 2 is 2.09 bits per heavy atom. The average molecular weight is 170 g/mol. The van der Waals surface area contributed by atoms with Crippen molar-refractivity contribution in [3.05, 3.63) is 24.3 Å². The van der Waals surface area contributed by atoms with Gasteiger partial charge in [-0.3, -0.25) is 0 Å². The molecular formula is C7H8NO2S-. The molecule has 0 aliphatic rings. The van der Waals surface area contributed by atoms with Crippen molar-refractivity contribution in [3.63, 3.8) is 0 Å². The molecule has 0 radical (unpaired) electrons. The lowest BCUT2D eigenvalue weighted by Gasteiger charge is -2.08. The van der Waals surface area contributed by atoms with E-state index in [0.717, 1.165) is 0 Å². The predicted octanol–water partition coefficient (Wildman–Crippen LogP) is 1.78. The summed E-state index contributed by atoms with van der Waals surface area (Å²) < 4.78 is 22.6. The van der Waals surface area contributed by atoms with E-state index in [2.05, 4.69) is 0 Å². The highest BCUT2D eigenvalue weighted by Crippen LogP contribution is 2.18. The van der Waals surface area contributed by atoms with E-state index >= 15 is 0 Å². The molecule has 0 saturated carbocycles. The monoisotopic (exact) mass is 170 g/mol. The summed E-state index contributed by atoms with van der Waals surface area (Å²) in [5.74, 6) is 0.501. The van der Waals surface area contributed by atoms with Crippen LogP contribution in [0, 0.1) is 4.78 Å². The number of para-hydroxylation sites is 1. The van der Waals surface area contributed by atoms with Gasteiger partial charge in [0.25, 0.3) is 0 Å². The first-order valence-corrected chi connectivity index (χ1v) is 4.16. The normalized spacial score (nSPS) is 10.0. The fourth-order valence-electron chi connectivity index (χ4n) is 0.772. The van der Waals surface area contributed by atoms with Crippen molar-refractivity contribution in [1.82, 2.24) is 0 Å². The number of hydrogen-bond donors (Lipinski definition) is 1. The highest BCUT2D eigenvalue weighted by molar-refractivity contribution is 7.73. The molecule has 0 fully saturated rings. The fourth-order valence-corrected chi connectivity index (χ4v) is 1.31. The lowest BCUT2D eigenvalue weighted by Crippen LogP contribution is -1.87. The average Bonchev–Trinajstić information content (AvgIpc) is 2.04. The minimum Gasteiger partial charge on any atom is -0.498 e. The Morgan fingerprint density at radius 3 is 2.55 bits per heavy atom. The molecule has 1 aromatic rings. The molecular weight excluding hydrogens is 162 g/mol. The summed E-state index contributed by atoms with van der Waals surface area (Å²) in [4.78, 5) is 0.412. The van der Waals surface area contributed by atoms with Crippen molar-refractivity contribution in [2.24, 2.45) is 0 Å². The summed E-state index contributed by atoms with van der Waals surface area (Å²) in [5.41, 5.74) is 0. The van der Waals surface area contributed by atoms with Crippen molar-refractivity contribution in [2.45, 2.75) is 4.90 Å². The summed E-state index contributed by atoms with van der Waals surface area (Å²) in [7, 11) is -0.224. The van der Waals surface area contributed by atoms with Gasteiger partial charge >= 0.3 is 0 Å². The van der Waals surface area contributed by atoms with Gasteiger partial charge in [-0.25, -0.2) is 0 Å². The molecule has 0 aromatic heterocycles. The Kier molecular flexibility index (Phi) is 2.48. The molecule has 1 N–H and O–H groups in total. The summed E-state index contributed by atoms with van der Waals surface area (Å²) in [5, 5.41) is 0. The Balaban J connectivity index is 3.23. The zero-order chi connectivity index (χ0) is 8.27. The van der Waals surface area contributed by atoms with Crippen molar-refractivity contribution < 1.29 is 8.95 Å². The molecule has 0 heterocycles. The lowest BCUT2D eigenvalue weighted by atomic mass is 10.3. The maximum Gasteiger partial charge on any atom is 0.104 e. The Bertz CT molecular complexity index is 312. The van der Waals surface area contributed by atoms with Crippen molar-refractivity contribution in [1.29, 1.82) is 4.78 Å². The quantitative estimate of drug-likeness (QED) is 0.688. The third-order valence-corrected chi connectivity index (χ3v) is 2.01. The van der Waals surface area contributed by atoms with Gasteiger partial charge in [0.15, 0.2) is 0 Å². The van der Waals surface area contributed by atoms with Crippen LogP contribution in [0.2, 0.25) is 0 Å². The van der Waals surface area contributed by atoms with E-state index in [-0.39, 0.29) is 0 Å². The highest BCUT2D eigenvalue weighted by atomic mass is 32.2. The van der Waals surface area contributed by atoms with Crippen molar-refractivity contribution >= 4 is 10.6 Å². The maximum absolute atomic E-state index is 10.7. The van der Waals surface area contributed by atoms with Crippen LogP contribution in [-0.4, -0.2) is 7.11 Å². The molecule has 0 saturated heterocycles. The van der Waals surface area contributed by atoms with Gasteiger partial charge in [0.05, 0.1) is 7.11 Å². The van der Waals surface area contributed by atoms with Gasteiger partial charge < -0.3 is 13.7 Å². The van der Waals surface area contributed by atoms with Gasteiger partial charge in [-0.05, 0) is 6.07 Å². The standard InChI is InChI=1S/C7H8NO2S/c1-10-6-4-2-3-5-7(6)11(8)9/h2-5,8H,1H3/q-1.